The first-order valence-corrected chi connectivity index (χ1v) is 6.44. The van der Waals surface area contributed by atoms with E-state index in [1.54, 1.807) is 0 Å². The summed E-state index contributed by atoms with van der Waals surface area (Å²) in [4.78, 5) is 9.04. The highest BCUT2D eigenvalue weighted by molar-refractivity contribution is 6.28. The predicted molar refractivity (Wildman–Crippen MR) is 53.8 cm³/mol. The Hall–Kier alpha value is -0.0331. The summed E-state index contributed by atoms with van der Waals surface area (Å²) in [6.45, 7) is 0.871. The van der Waals surface area contributed by atoms with E-state index >= 15 is 0 Å². The van der Waals surface area contributed by atoms with Crippen molar-refractivity contribution in [3.63, 3.8) is 0 Å². The zero-order chi connectivity index (χ0) is 11.5. The lowest BCUT2D eigenvalue weighted by Gasteiger charge is -2.34. The van der Waals surface area contributed by atoms with Crippen molar-refractivity contribution in [2.45, 2.75) is 56.7 Å². The molecular formula is C10H17F3OSi. The topological polar surface area (TPSA) is 20.2 Å². The standard InChI is InChI=1S/C10H17F3OSi/c1-7(11)10(12,13)9(15-14)8-5-3-2-4-6-8/h7-9,14H,2-6H2,1H3. The molecule has 15 heavy (non-hydrogen) atoms. The molecule has 1 aliphatic rings. The minimum Gasteiger partial charge on any atom is -0.431 e. The molecule has 0 bridgehead atoms. The van der Waals surface area contributed by atoms with Crippen LogP contribution in [0.2, 0.25) is 5.54 Å². The normalized spacial score (nSPS) is 23.8. The third-order valence-corrected chi connectivity index (χ3v) is 4.34. The summed E-state index contributed by atoms with van der Waals surface area (Å²) in [6, 6.07) is 0. The average Bonchev–Trinajstić information content (AvgIpc) is 2.19. The molecule has 1 fully saturated rings. The van der Waals surface area contributed by atoms with Crippen LogP contribution < -0.4 is 0 Å². The second-order valence-corrected chi connectivity index (χ2v) is 5.18. The smallest absolute Gasteiger partial charge is 0.280 e. The van der Waals surface area contributed by atoms with E-state index in [-0.39, 0.29) is 5.92 Å². The summed E-state index contributed by atoms with van der Waals surface area (Å²) in [6.07, 6.45) is 2.12. The van der Waals surface area contributed by atoms with E-state index in [9.17, 15) is 13.2 Å². The van der Waals surface area contributed by atoms with Gasteiger partial charge in [0.05, 0.1) is 0 Å². The first-order valence-electron chi connectivity index (χ1n) is 5.41. The van der Waals surface area contributed by atoms with Gasteiger partial charge in [0.25, 0.3) is 5.92 Å². The quantitative estimate of drug-likeness (QED) is 0.747. The summed E-state index contributed by atoms with van der Waals surface area (Å²) < 4.78 is 39.7. The molecule has 2 unspecified atom stereocenters. The molecule has 0 amide bonds. The molecule has 0 aromatic heterocycles. The Bertz CT molecular complexity index is 193. The van der Waals surface area contributed by atoms with Gasteiger partial charge in [-0.3, -0.25) is 0 Å². The van der Waals surface area contributed by atoms with Crippen LogP contribution in [-0.2, 0) is 0 Å². The van der Waals surface area contributed by atoms with Crippen molar-refractivity contribution in [1.29, 1.82) is 0 Å². The summed E-state index contributed by atoms with van der Waals surface area (Å²) >= 11 is 0. The third-order valence-electron chi connectivity index (χ3n) is 3.21. The fourth-order valence-electron chi connectivity index (χ4n) is 2.22. The van der Waals surface area contributed by atoms with Crippen molar-refractivity contribution in [3.8, 4) is 0 Å². The maximum Gasteiger partial charge on any atom is 0.280 e. The monoisotopic (exact) mass is 238 g/mol. The maximum atomic E-state index is 13.5. The molecule has 5 heteroatoms. The van der Waals surface area contributed by atoms with Crippen molar-refractivity contribution in [1.82, 2.24) is 0 Å². The van der Waals surface area contributed by atoms with E-state index < -0.39 is 27.4 Å². The molecule has 0 heterocycles. The van der Waals surface area contributed by atoms with E-state index in [1.807, 2.05) is 0 Å². The van der Waals surface area contributed by atoms with Crippen molar-refractivity contribution >= 4 is 9.76 Å². The lowest BCUT2D eigenvalue weighted by molar-refractivity contribution is -0.0867. The predicted octanol–water partition coefficient (Wildman–Crippen LogP) is 2.96. The summed E-state index contributed by atoms with van der Waals surface area (Å²) in [5.74, 6) is -3.59. The molecule has 1 rings (SSSR count). The van der Waals surface area contributed by atoms with E-state index in [0.717, 1.165) is 26.2 Å². The molecule has 88 valence electrons. The second kappa shape index (κ2) is 5.34. The second-order valence-electron chi connectivity index (χ2n) is 4.30. The van der Waals surface area contributed by atoms with E-state index in [1.165, 1.54) is 0 Å². The number of hydrogen-bond acceptors (Lipinski definition) is 1. The van der Waals surface area contributed by atoms with Crippen molar-refractivity contribution < 1.29 is 18.0 Å². The molecule has 1 aliphatic carbocycles. The average molecular weight is 238 g/mol. The molecule has 0 aromatic rings. The van der Waals surface area contributed by atoms with Crippen LogP contribution in [0, 0.1) is 5.92 Å². The Morgan fingerprint density at radius 1 is 1.27 bits per heavy atom. The first-order chi connectivity index (χ1) is 7.00. The van der Waals surface area contributed by atoms with Crippen LogP contribution >= 0.6 is 0 Å². The summed E-state index contributed by atoms with van der Waals surface area (Å²) in [5.41, 5.74) is -1.18. The Labute approximate surface area is 91.0 Å². The van der Waals surface area contributed by atoms with Crippen LogP contribution in [-0.4, -0.2) is 26.7 Å². The van der Waals surface area contributed by atoms with Crippen LogP contribution in [0.5, 0.6) is 0 Å². The Morgan fingerprint density at radius 2 is 1.80 bits per heavy atom. The largest absolute Gasteiger partial charge is 0.431 e. The molecule has 0 aromatic carbocycles. The van der Waals surface area contributed by atoms with Gasteiger partial charge in [-0.2, -0.15) is 0 Å². The number of hydrogen-bond donors (Lipinski definition) is 1. The van der Waals surface area contributed by atoms with E-state index in [0.29, 0.717) is 12.8 Å². The van der Waals surface area contributed by atoms with Crippen LogP contribution in [0.3, 0.4) is 0 Å². The first kappa shape index (κ1) is 13.0. The van der Waals surface area contributed by atoms with E-state index in [2.05, 4.69) is 0 Å². The Balaban J connectivity index is 2.68. The molecule has 0 spiro atoms. The minimum absolute atomic E-state index is 0.213. The molecule has 0 saturated heterocycles. The van der Waals surface area contributed by atoms with E-state index in [4.69, 9.17) is 4.80 Å². The fourth-order valence-corrected chi connectivity index (χ4v) is 3.17. The highest BCUT2D eigenvalue weighted by Crippen LogP contribution is 2.44. The van der Waals surface area contributed by atoms with Gasteiger partial charge in [-0.05, 0) is 12.8 Å². The number of rotatable bonds is 4. The fraction of sp³-hybridized carbons (Fsp3) is 1.00. The lowest BCUT2D eigenvalue weighted by Crippen LogP contribution is -2.40. The van der Waals surface area contributed by atoms with Crippen LogP contribution in [0.1, 0.15) is 39.0 Å². The Kier molecular flexibility index (Phi) is 4.64. The van der Waals surface area contributed by atoms with Crippen LogP contribution in [0.15, 0.2) is 0 Å². The zero-order valence-electron chi connectivity index (χ0n) is 8.85. The van der Waals surface area contributed by atoms with Gasteiger partial charge in [0.15, 0.2) is 6.17 Å². The van der Waals surface area contributed by atoms with Crippen molar-refractivity contribution in [3.05, 3.63) is 0 Å². The summed E-state index contributed by atoms with van der Waals surface area (Å²) in [7, 11) is -0.866. The van der Waals surface area contributed by atoms with Gasteiger partial charge >= 0.3 is 0 Å². The van der Waals surface area contributed by atoms with Gasteiger partial charge < -0.3 is 4.80 Å². The Morgan fingerprint density at radius 3 is 2.20 bits per heavy atom. The van der Waals surface area contributed by atoms with Gasteiger partial charge in [0.2, 0.25) is 9.76 Å². The number of halogens is 3. The van der Waals surface area contributed by atoms with Crippen molar-refractivity contribution in [2.75, 3.05) is 0 Å². The van der Waals surface area contributed by atoms with Gasteiger partial charge in [-0.1, -0.05) is 32.1 Å². The van der Waals surface area contributed by atoms with Crippen molar-refractivity contribution in [2.24, 2.45) is 5.92 Å². The molecule has 1 saturated carbocycles. The highest BCUT2D eigenvalue weighted by atomic mass is 28.2. The highest BCUT2D eigenvalue weighted by Gasteiger charge is 2.49. The maximum absolute atomic E-state index is 13.5. The molecule has 0 aliphatic heterocycles. The molecule has 2 atom stereocenters. The zero-order valence-corrected chi connectivity index (χ0v) is 9.85. The molecule has 2 radical (unpaired) electrons. The molecular weight excluding hydrogens is 221 g/mol. The number of alkyl halides is 3. The summed E-state index contributed by atoms with van der Waals surface area (Å²) in [5, 5.41) is 0. The third kappa shape index (κ3) is 2.97. The lowest BCUT2D eigenvalue weighted by atomic mass is 9.84. The molecule has 1 nitrogen and oxygen atoms in total. The minimum atomic E-state index is -3.38. The van der Waals surface area contributed by atoms with Gasteiger partial charge in [0, 0.05) is 5.54 Å². The SMILES string of the molecule is CC(F)C(F)(F)C([Si]O)C1CCCCC1. The van der Waals surface area contributed by atoms with Gasteiger partial charge in [-0.25, -0.2) is 13.2 Å². The van der Waals surface area contributed by atoms with Crippen LogP contribution in [0.4, 0.5) is 13.2 Å². The molecule has 1 N–H and O–H groups in total. The van der Waals surface area contributed by atoms with Crippen LogP contribution in [0.25, 0.3) is 0 Å². The van der Waals surface area contributed by atoms with Gasteiger partial charge in [0.1, 0.15) is 0 Å². The van der Waals surface area contributed by atoms with Gasteiger partial charge in [-0.15, -0.1) is 0 Å².